The Hall–Kier alpha value is -1.43. The van der Waals surface area contributed by atoms with Crippen molar-refractivity contribution in [3.05, 3.63) is 11.6 Å². The molecule has 6 heteroatoms. The molecule has 0 spiro atoms. The van der Waals surface area contributed by atoms with Crippen molar-refractivity contribution >= 4 is 5.91 Å². The number of carbonyl (C=O) groups excluding carboxylic acids is 1. The van der Waals surface area contributed by atoms with Gasteiger partial charge in [0, 0.05) is 38.5 Å². The standard InChI is InChI=1S/C16H24N4O2/c1-22-8-7-14-17-18-15-9-12-5-6-13(10-19(14)15)20(12)16(21)11-3-2-4-11/h11-13H,2-10H2,1H3. The number of amides is 1. The summed E-state index contributed by atoms with van der Waals surface area (Å²) in [6.45, 7) is 1.52. The number of nitrogens with zero attached hydrogens (tertiary/aromatic N) is 4. The summed E-state index contributed by atoms with van der Waals surface area (Å²) in [7, 11) is 1.71. The lowest BCUT2D eigenvalue weighted by molar-refractivity contribution is -0.141. The molecule has 120 valence electrons. The Morgan fingerprint density at radius 3 is 2.77 bits per heavy atom. The van der Waals surface area contributed by atoms with Gasteiger partial charge in [-0.1, -0.05) is 6.42 Å². The van der Waals surface area contributed by atoms with Gasteiger partial charge in [0.1, 0.15) is 11.6 Å². The van der Waals surface area contributed by atoms with Crippen LogP contribution in [0.5, 0.6) is 0 Å². The molecule has 2 unspecified atom stereocenters. The minimum Gasteiger partial charge on any atom is -0.384 e. The highest BCUT2D eigenvalue weighted by Crippen LogP contribution is 2.36. The monoisotopic (exact) mass is 304 g/mol. The number of ether oxygens (including phenoxy) is 1. The number of methoxy groups -OCH3 is 1. The van der Waals surface area contributed by atoms with Gasteiger partial charge in [-0.2, -0.15) is 0 Å². The molecule has 2 fully saturated rings. The molecule has 1 aromatic heterocycles. The lowest BCUT2D eigenvalue weighted by atomic mass is 9.84. The zero-order valence-electron chi connectivity index (χ0n) is 13.2. The second-order valence-electron chi connectivity index (χ2n) is 6.85. The number of hydrogen-bond donors (Lipinski definition) is 0. The highest BCUT2D eigenvalue weighted by Gasteiger charge is 2.43. The van der Waals surface area contributed by atoms with Crippen molar-refractivity contribution in [1.29, 1.82) is 0 Å². The maximum Gasteiger partial charge on any atom is 0.226 e. The molecule has 1 amide bonds. The zero-order chi connectivity index (χ0) is 15.1. The molecule has 0 N–H and O–H groups in total. The van der Waals surface area contributed by atoms with Crippen molar-refractivity contribution in [1.82, 2.24) is 19.7 Å². The molecular formula is C16H24N4O2. The largest absolute Gasteiger partial charge is 0.384 e. The lowest BCUT2D eigenvalue weighted by Gasteiger charge is -2.35. The number of aromatic nitrogens is 3. The second-order valence-corrected chi connectivity index (χ2v) is 6.85. The van der Waals surface area contributed by atoms with E-state index in [1.165, 1.54) is 6.42 Å². The summed E-state index contributed by atoms with van der Waals surface area (Å²) in [6, 6.07) is 0.662. The van der Waals surface area contributed by atoms with Crippen LogP contribution in [-0.4, -0.2) is 51.4 Å². The highest BCUT2D eigenvalue weighted by molar-refractivity contribution is 5.80. The molecule has 22 heavy (non-hydrogen) atoms. The Labute approximate surface area is 130 Å². The van der Waals surface area contributed by atoms with E-state index in [0.29, 0.717) is 30.5 Å². The van der Waals surface area contributed by atoms with Gasteiger partial charge in [0.25, 0.3) is 0 Å². The van der Waals surface area contributed by atoms with Gasteiger partial charge >= 0.3 is 0 Å². The van der Waals surface area contributed by atoms with Gasteiger partial charge in [-0.15, -0.1) is 10.2 Å². The molecule has 2 bridgehead atoms. The van der Waals surface area contributed by atoms with E-state index in [1.807, 2.05) is 0 Å². The minimum absolute atomic E-state index is 0.291. The second kappa shape index (κ2) is 5.65. The first-order chi connectivity index (χ1) is 10.8. The van der Waals surface area contributed by atoms with E-state index in [2.05, 4.69) is 19.7 Å². The molecule has 2 aliphatic heterocycles. The average molecular weight is 304 g/mol. The molecule has 1 aromatic rings. The molecular weight excluding hydrogens is 280 g/mol. The van der Waals surface area contributed by atoms with Gasteiger partial charge in [0.05, 0.1) is 12.6 Å². The SMILES string of the molecule is COCCc1nnc2n1CC1CCC(C2)N1C(=O)C1CCC1. The van der Waals surface area contributed by atoms with E-state index in [-0.39, 0.29) is 0 Å². The Morgan fingerprint density at radius 1 is 1.23 bits per heavy atom. The quantitative estimate of drug-likeness (QED) is 0.838. The van der Waals surface area contributed by atoms with E-state index < -0.39 is 0 Å². The van der Waals surface area contributed by atoms with E-state index in [1.54, 1.807) is 7.11 Å². The Bertz CT molecular complexity index is 566. The van der Waals surface area contributed by atoms with Gasteiger partial charge in [0.2, 0.25) is 5.91 Å². The maximum absolute atomic E-state index is 12.8. The van der Waals surface area contributed by atoms with E-state index in [9.17, 15) is 4.79 Å². The normalized spacial score (nSPS) is 27.4. The van der Waals surface area contributed by atoms with Gasteiger partial charge in [-0.25, -0.2) is 0 Å². The molecule has 0 radical (unpaired) electrons. The number of carbonyl (C=O) groups is 1. The van der Waals surface area contributed by atoms with Crippen LogP contribution in [0.1, 0.15) is 43.8 Å². The lowest BCUT2D eigenvalue weighted by Crippen LogP contribution is -2.46. The van der Waals surface area contributed by atoms with Gasteiger partial charge in [-0.3, -0.25) is 4.79 Å². The van der Waals surface area contributed by atoms with E-state index in [4.69, 9.17) is 4.74 Å². The third-order valence-electron chi connectivity index (χ3n) is 5.57. The topological polar surface area (TPSA) is 60.3 Å². The Balaban J connectivity index is 1.56. The smallest absolute Gasteiger partial charge is 0.226 e. The van der Waals surface area contributed by atoms with E-state index >= 15 is 0 Å². The summed E-state index contributed by atoms with van der Waals surface area (Å²) >= 11 is 0. The molecule has 3 heterocycles. The molecule has 0 aromatic carbocycles. The molecule has 3 aliphatic rings. The molecule has 1 saturated carbocycles. The van der Waals surface area contributed by atoms with Crippen LogP contribution in [0.15, 0.2) is 0 Å². The maximum atomic E-state index is 12.8. The fourth-order valence-corrected chi connectivity index (χ4v) is 4.10. The van der Waals surface area contributed by atoms with Crippen LogP contribution in [0.4, 0.5) is 0 Å². The van der Waals surface area contributed by atoms with Crippen LogP contribution in [0.25, 0.3) is 0 Å². The predicted octanol–water partition coefficient (Wildman–Crippen LogP) is 1.18. The van der Waals surface area contributed by atoms with Crippen LogP contribution >= 0.6 is 0 Å². The van der Waals surface area contributed by atoms with Crippen molar-refractivity contribution in [2.75, 3.05) is 13.7 Å². The van der Waals surface area contributed by atoms with Gasteiger partial charge in [-0.05, 0) is 25.7 Å². The summed E-state index contributed by atoms with van der Waals surface area (Å²) in [6.07, 6.45) is 7.26. The van der Waals surface area contributed by atoms with Crippen molar-refractivity contribution in [3.63, 3.8) is 0 Å². The van der Waals surface area contributed by atoms with E-state index in [0.717, 1.165) is 56.7 Å². The summed E-state index contributed by atoms with van der Waals surface area (Å²) < 4.78 is 7.41. The minimum atomic E-state index is 0.291. The number of hydrogen-bond acceptors (Lipinski definition) is 4. The van der Waals surface area contributed by atoms with Gasteiger partial charge in [0.15, 0.2) is 0 Å². The summed E-state index contributed by atoms with van der Waals surface area (Å²) in [5.41, 5.74) is 0. The number of rotatable bonds is 4. The van der Waals surface area contributed by atoms with Crippen molar-refractivity contribution in [2.45, 2.75) is 63.6 Å². The first-order valence-electron chi connectivity index (χ1n) is 8.50. The van der Waals surface area contributed by atoms with Crippen molar-refractivity contribution in [2.24, 2.45) is 5.92 Å². The third-order valence-corrected chi connectivity index (χ3v) is 5.57. The summed E-state index contributed by atoms with van der Waals surface area (Å²) in [4.78, 5) is 15.0. The molecule has 2 atom stereocenters. The molecule has 1 saturated heterocycles. The van der Waals surface area contributed by atoms with Crippen LogP contribution in [0, 0.1) is 5.92 Å². The van der Waals surface area contributed by atoms with Crippen LogP contribution in [-0.2, 0) is 28.9 Å². The summed E-state index contributed by atoms with van der Waals surface area (Å²) in [5, 5.41) is 8.72. The van der Waals surface area contributed by atoms with Crippen LogP contribution < -0.4 is 0 Å². The summed E-state index contributed by atoms with van der Waals surface area (Å²) in [5.74, 6) is 2.74. The van der Waals surface area contributed by atoms with Crippen LogP contribution in [0.3, 0.4) is 0 Å². The average Bonchev–Trinajstić information content (AvgIpc) is 2.95. The van der Waals surface area contributed by atoms with Crippen LogP contribution in [0.2, 0.25) is 0 Å². The molecule has 6 nitrogen and oxygen atoms in total. The highest BCUT2D eigenvalue weighted by atomic mass is 16.5. The van der Waals surface area contributed by atoms with Gasteiger partial charge < -0.3 is 14.2 Å². The van der Waals surface area contributed by atoms with Crippen molar-refractivity contribution < 1.29 is 9.53 Å². The first-order valence-corrected chi connectivity index (χ1v) is 8.50. The third kappa shape index (κ3) is 2.24. The molecule has 1 aliphatic carbocycles. The first kappa shape index (κ1) is 14.2. The van der Waals surface area contributed by atoms with Crippen molar-refractivity contribution in [3.8, 4) is 0 Å². The predicted molar refractivity (Wildman–Crippen MR) is 80.3 cm³/mol. The number of fused-ring (bicyclic) bond motifs is 3. The molecule has 4 rings (SSSR count). The fourth-order valence-electron chi connectivity index (χ4n) is 4.10. The Morgan fingerprint density at radius 2 is 2.05 bits per heavy atom. The zero-order valence-corrected chi connectivity index (χ0v) is 13.2. The fraction of sp³-hybridized carbons (Fsp3) is 0.812. The Kier molecular flexibility index (Phi) is 3.64.